The normalized spacial score (nSPS) is 12.3. The van der Waals surface area contributed by atoms with Gasteiger partial charge < -0.3 is 5.32 Å². The zero-order valence-electron chi connectivity index (χ0n) is 11.3. The van der Waals surface area contributed by atoms with Crippen molar-refractivity contribution in [2.45, 2.75) is 13.0 Å². The Hall–Kier alpha value is -2.27. The Morgan fingerprint density at radius 1 is 1.24 bits per heavy atom. The molecule has 0 aliphatic heterocycles. The van der Waals surface area contributed by atoms with Gasteiger partial charge in [-0.15, -0.1) is 11.3 Å². The summed E-state index contributed by atoms with van der Waals surface area (Å²) in [6, 6.07) is 9.63. The van der Waals surface area contributed by atoms with Crippen LogP contribution in [0.4, 0.5) is 4.39 Å². The maximum Gasteiger partial charge on any atom is 0.252 e. The van der Waals surface area contributed by atoms with Gasteiger partial charge >= 0.3 is 0 Å². The van der Waals surface area contributed by atoms with Gasteiger partial charge in [-0.3, -0.25) is 4.79 Å². The van der Waals surface area contributed by atoms with Gasteiger partial charge in [0, 0.05) is 22.5 Å². The molecule has 3 aromatic rings. The maximum atomic E-state index is 13.8. The number of amides is 1. The number of fused-ring (bicyclic) bond motifs is 1. The first kappa shape index (κ1) is 13.7. The monoisotopic (exact) mass is 300 g/mol. The van der Waals surface area contributed by atoms with E-state index in [1.807, 2.05) is 12.3 Å². The molecule has 5 heteroatoms. The summed E-state index contributed by atoms with van der Waals surface area (Å²) in [6.45, 7) is 1.88. The van der Waals surface area contributed by atoms with Gasteiger partial charge in [-0.05, 0) is 24.4 Å². The van der Waals surface area contributed by atoms with Gasteiger partial charge in [-0.1, -0.05) is 24.3 Å². The summed E-state index contributed by atoms with van der Waals surface area (Å²) in [5, 5.41) is 6.67. The third-order valence-electron chi connectivity index (χ3n) is 3.28. The predicted molar refractivity (Wildman–Crippen MR) is 81.9 cm³/mol. The minimum Gasteiger partial charge on any atom is -0.343 e. The zero-order chi connectivity index (χ0) is 14.8. The molecule has 1 heterocycles. The second kappa shape index (κ2) is 5.61. The fourth-order valence-corrected chi connectivity index (χ4v) is 2.89. The Kier molecular flexibility index (Phi) is 3.66. The van der Waals surface area contributed by atoms with E-state index in [2.05, 4.69) is 10.3 Å². The second-order valence-corrected chi connectivity index (χ2v) is 5.63. The van der Waals surface area contributed by atoms with Crippen molar-refractivity contribution in [3.05, 3.63) is 64.4 Å². The Balaban J connectivity index is 1.93. The van der Waals surface area contributed by atoms with E-state index in [-0.39, 0.29) is 17.8 Å². The summed E-state index contributed by atoms with van der Waals surface area (Å²) in [7, 11) is 0. The Morgan fingerprint density at radius 2 is 2.00 bits per heavy atom. The Labute approximate surface area is 125 Å². The average molecular weight is 300 g/mol. The van der Waals surface area contributed by atoms with E-state index < -0.39 is 0 Å². The van der Waals surface area contributed by atoms with Crippen molar-refractivity contribution >= 4 is 28.0 Å². The van der Waals surface area contributed by atoms with Gasteiger partial charge in [0.1, 0.15) is 10.8 Å². The SMILES string of the molecule is CC(NC(=O)c1ccc(F)c2ccccc12)c1nccs1. The molecule has 0 saturated carbocycles. The van der Waals surface area contributed by atoms with Crippen molar-refractivity contribution < 1.29 is 9.18 Å². The lowest BCUT2D eigenvalue weighted by Gasteiger charge is -2.13. The van der Waals surface area contributed by atoms with Gasteiger partial charge in [0.05, 0.1) is 6.04 Å². The first-order chi connectivity index (χ1) is 10.2. The van der Waals surface area contributed by atoms with Crippen LogP contribution in [-0.4, -0.2) is 10.9 Å². The molecule has 0 bridgehead atoms. The smallest absolute Gasteiger partial charge is 0.252 e. The molecule has 2 aromatic carbocycles. The van der Waals surface area contributed by atoms with Crippen LogP contribution in [0.5, 0.6) is 0 Å². The molecule has 1 N–H and O–H groups in total. The van der Waals surface area contributed by atoms with E-state index in [0.29, 0.717) is 16.3 Å². The van der Waals surface area contributed by atoms with Gasteiger partial charge in [0.15, 0.2) is 0 Å². The highest BCUT2D eigenvalue weighted by Crippen LogP contribution is 2.23. The van der Waals surface area contributed by atoms with Crippen molar-refractivity contribution in [2.75, 3.05) is 0 Å². The third kappa shape index (κ3) is 2.64. The van der Waals surface area contributed by atoms with Crippen molar-refractivity contribution in [1.29, 1.82) is 0 Å². The highest BCUT2D eigenvalue weighted by atomic mass is 32.1. The van der Waals surface area contributed by atoms with Gasteiger partial charge in [0.25, 0.3) is 5.91 Å². The number of hydrogen-bond donors (Lipinski definition) is 1. The molecule has 0 saturated heterocycles. The molecule has 3 rings (SSSR count). The van der Waals surface area contributed by atoms with Gasteiger partial charge in [-0.25, -0.2) is 9.37 Å². The highest BCUT2D eigenvalue weighted by Gasteiger charge is 2.16. The number of carbonyl (C=O) groups is 1. The lowest BCUT2D eigenvalue weighted by Crippen LogP contribution is -2.26. The van der Waals surface area contributed by atoms with Crippen molar-refractivity contribution in [1.82, 2.24) is 10.3 Å². The van der Waals surface area contributed by atoms with Gasteiger partial charge in [-0.2, -0.15) is 0 Å². The van der Waals surface area contributed by atoms with Crippen LogP contribution >= 0.6 is 11.3 Å². The molecule has 0 fully saturated rings. The van der Waals surface area contributed by atoms with Crippen LogP contribution in [0.25, 0.3) is 10.8 Å². The number of benzene rings is 2. The molecular formula is C16H13FN2OS. The first-order valence-corrected chi connectivity index (χ1v) is 7.42. The standard InChI is InChI=1S/C16H13FN2OS/c1-10(16-18-8-9-21-16)19-15(20)13-6-7-14(17)12-5-3-2-4-11(12)13/h2-10H,1H3,(H,19,20). The number of aromatic nitrogens is 1. The highest BCUT2D eigenvalue weighted by molar-refractivity contribution is 7.09. The number of hydrogen-bond acceptors (Lipinski definition) is 3. The molecule has 0 radical (unpaired) electrons. The molecule has 0 aliphatic rings. The minimum absolute atomic E-state index is 0.179. The molecule has 3 nitrogen and oxygen atoms in total. The van der Waals surface area contributed by atoms with Crippen LogP contribution < -0.4 is 5.32 Å². The van der Waals surface area contributed by atoms with E-state index >= 15 is 0 Å². The van der Waals surface area contributed by atoms with Crippen LogP contribution in [0, 0.1) is 5.82 Å². The number of carbonyl (C=O) groups excluding carboxylic acids is 1. The van der Waals surface area contributed by atoms with Crippen molar-refractivity contribution in [3.63, 3.8) is 0 Å². The first-order valence-electron chi connectivity index (χ1n) is 6.54. The van der Waals surface area contributed by atoms with Crippen LogP contribution in [0.2, 0.25) is 0 Å². The number of nitrogens with one attached hydrogen (secondary N) is 1. The number of nitrogens with zero attached hydrogens (tertiary/aromatic N) is 1. The van der Waals surface area contributed by atoms with E-state index in [1.165, 1.54) is 23.5 Å². The molecule has 1 amide bonds. The van der Waals surface area contributed by atoms with Crippen LogP contribution in [0.15, 0.2) is 48.0 Å². The molecule has 1 atom stereocenters. The molecule has 0 spiro atoms. The molecular weight excluding hydrogens is 287 g/mol. The van der Waals surface area contributed by atoms with Crippen LogP contribution in [0.1, 0.15) is 28.3 Å². The maximum absolute atomic E-state index is 13.8. The van der Waals surface area contributed by atoms with Crippen LogP contribution in [-0.2, 0) is 0 Å². The molecule has 106 valence electrons. The molecule has 0 aliphatic carbocycles. The van der Waals surface area contributed by atoms with Crippen LogP contribution in [0.3, 0.4) is 0 Å². The largest absolute Gasteiger partial charge is 0.343 e. The predicted octanol–water partition coefficient (Wildman–Crippen LogP) is 3.93. The van der Waals surface area contributed by atoms with Crippen molar-refractivity contribution in [2.24, 2.45) is 0 Å². The number of rotatable bonds is 3. The topological polar surface area (TPSA) is 42.0 Å². The van der Waals surface area contributed by atoms with E-state index in [0.717, 1.165) is 5.01 Å². The summed E-state index contributed by atoms with van der Waals surface area (Å²) in [5.74, 6) is -0.552. The fourth-order valence-electron chi connectivity index (χ4n) is 2.24. The summed E-state index contributed by atoms with van der Waals surface area (Å²) >= 11 is 1.49. The second-order valence-electron chi connectivity index (χ2n) is 4.71. The summed E-state index contributed by atoms with van der Waals surface area (Å²) in [4.78, 5) is 16.6. The minimum atomic E-state index is -0.324. The number of halogens is 1. The lowest BCUT2D eigenvalue weighted by atomic mass is 10.0. The van der Waals surface area contributed by atoms with E-state index in [9.17, 15) is 9.18 Å². The Bertz CT molecular complexity index is 786. The molecule has 21 heavy (non-hydrogen) atoms. The molecule has 1 unspecified atom stereocenters. The van der Waals surface area contributed by atoms with Gasteiger partial charge in [0.2, 0.25) is 0 Å². The molecule has 1 aromatic heterocycles. The van der Waals surface area contributed by atoms with E-state index in [1.54, 1.807) is 30.5 Å². The quantitative estimate of drug-likeness (QED) is 0.796. The fraction of sp³-hybridized carbons (Fsp3) is 0.125. The number of thiazole rings is 1. The third-order valence-corrected chi connectivity index (χ3v) is 4.24. The summed E-state index contributed by atoms with van der Waals surface area (Å²) in [6.07, 6.45) is 1.70. The lowest BCUT2D eigenvalue weighted by molar-refractivity contribution is 0.0941. The summed E-state index contributed by atoms with van der Waals surface area (Å²) in [5.41, 5.74) is 0.468. The van der Waals surface area contributed by atoms with Crippen molar-refractivity contribution in [3.8, 4) is 0 Å². The zero-order valence-corrected chi connectivity index (χ0v) is 12.2. The summed E-state index contributed by atoms with van der Waals surface area (Å²) < 4.78 is 13.8. The van der Waals surface area contributed by atoms with E-state index in [4.69, 9.17) is 0 Å². The average Bonchev–Trinajstić information content (AvgIpc) is 3.02. The Morgan fingerprint density at radius 3 is 2.71 bits per heavy atom.